The van der Waals surface area contributed by atoms with Crippen LogP contribution in [-0.4, -0.2) is 34.4 Å². The molecule has 4 rings (SSSR count). The van der Waals surface area contributed by atoms with Gasteiger partial charge in [0.15, 0.2) is 0 Å². The number of methoxy groups -OCH3 is 1. The lowest BCUT2D eigenvalue weighted by Crippen LogP contribution is -2.14. The second-order valence-corrected chi connectivity index (χ2v) is 7.31. The summed E-state index contributed by atoms with van der Waals surface area (Å²) in [4.78, 5) is 17.1. The van der Waals surface area contributed by atoms with Crippen molar-refractivity contribution in [2.45, 2.75) is 13.2 Å². The highest BCUT2D eigenvalue weighted by Gasteiger charge is 2.16. The molecule has 0 atom stereocenters. The van der Waals surface area contributed by atoms with Gasteiger partial charge in [-0.05, 0) is 47.5 Å². The largest absolute Gasteiger partial charge is 0.488 e. The number of ether oxygens (including phenoxy) is 2. The van der Waals surface area contributed by atoms with Crippen LogP contribution in [0.4, 0.5) is 10.1 Å². The number of aromatic nitrogens is 3. The molecule has 2 aromatic carbocycles. The molecule has 1 amide bonds. The first-order valence-corrected chi connectivity index (χ1v) is 10.4. The number of amides is 1. The number of hydrogen-bond donors (Lipinski definition) is 1. The number of benzene rings is 2. The summed E-state index contributed by atoms with van der Waals surface area (Å²) in [6.45, 7) is 1.38. The topological polar surface area (TPSA) is 78.3 Å². The highest BCUT2D eigenvalue weighted by molar-refractivity contribution is 6.06. The van der Waals surface area contributed by atoms with Crippen molar-refractivity contribution in [1.82, 2.24) is 14.8 Å². The molecule has 0 saturated heterocycles. The van der Waals surface area contributed by atoms with Crippen LogP contribution in [0.3, 0.4) is 0 Å². The van der Waals surface area contributed by atoms with E-state index < -0.39 is 0 Å². The van der Waals surface area contributed by atoms with E-state index in [9.17, 15) is 9.18 Å². The number of hydrogen-bond acceptors (Lipinski definition) is 5. The predicted molar refractivity (Wildman–Crippen MR) is 122 cm³/mol. The predicted octanol–water partition coefficient (Wildman–Crippen LogP) is 4.56. The molecule has 7 nitrogen and oxygen atoms in total. The highest BCUT2D eigenvalue weighted by atomic mass is 19.1. The van der Waals surface area contributed by atoms with Crippen LogP contribution in [0.15, 0.2) is 79.4 Å². The normalized spacial score (nSPS) is 10.7. The first kappa shape index (κ1) is 22.2. The van der Waals surface area contributed by atoms with Crippen molar-refractivity contribution < 1.29 is 18.7 Å². The van der Waals surface area contributed by atoms with Gasteiger partial charge < -0.3 is 14.8 Å². The van der Waals surface area contributed by atoms with Crippen molar-refractivity contribution in [3.05, 3.63) is 96.3 Å². The van der Waals surface area contributed by atoms with Crippen molar-refractivity contribution in [1.29, 1.82) is 0 Å². The van der Waals surface area contributed by atoms with E-state index in [4.69, 9.17) is 9.47 Å². The number of nitrogens with zero attached hydrogens (tertiary/aromatic N) is 3. The van der Waals surface area contributed by atoms with E-state index in [-0.39, 0.29) is 18.3 Å². The Morgan fingerprint density at radius 2 is 1.94 bits per heavy atom. The Labute approximate surface area is 190 Å². The Morgan fingerprint density at radius 1 is 1.09 bits per heavy atom. The molecule has 8 heteroatoms. The molecule has 0 saturated carbocycles. The van der Waals surface area contributed by atoms with Crippen LogP contribution >= 0.6 is 0 Å². The van der Waals surface area contributed by atoms with Crippen LogP contribution in [0.5, 0.6) is 5.75 Å². The summed E-state index contributed by atoms with van der Waals surface area (Å²) in [5.74, 6) is -0.229. The lowest BCUT2D eigenvalue weighted by Gasteiger charge is -2.13. The standard InChI is InChI=1S/C25H23FN4O3/c1-32-12-11-30-16-20(14-28-30)19-6-9-24(33-17-18-4-7-21(26)8-5-18)23(13-19)25(31)29-22-3-2-10-27-15-22/h2-10,13-16H,11-12,17H2,1H3,(H,29,31). The molecule has 2 heterocycles. The van der Waals surface area contributed by atoms with Gasteiger partial charge in [-0.15, -0.1) is 0 Å². The second-order valence-electron chi connectivity index (χ2n) is 7.31. The molecule has 168 valence electrons. The lowest BCUT2D eigenvalue weighted by molar-refractivity contribution is 0.102. The molecule has 0 fully saturated rings. The molecule has 4 aromatic rings. The number of anilines is 1. The van der Waals surface area contributed by atoms with Crippen molar-refractivity contribution in [3.8, 4) is 16.9 Å². The summed E-state index contributed by atoms with van der Waals surface area (Å²) < 4.78 is 26.0. The van der Waals surface area contributed by atoms with Gasteiger partial charge in [-0.1, -0.05) is 18.2 Å². The summed E-state index contributed by atoms with van der Waals surface area (Å²) >= 11 is 0. The highest BCUT2D eigenvalue weighted by Crippen LogP contribution is 2.28. The van der Waals surface area contributed by atoms with Crippen molar-refractivity contribution in [2.75, 3.05) is 19.0 Å². The minimum Gasteiger partial charge on any atom is -0.488 e. The average molecular weight is 446 g/mol. The van der Waals surface area contributed by atoms with E-state index in [0.29, 0.717) is 30.2 Å². The monoisotopic (exact) mass is 446 g/mol. The maximum atomic E-state index is 13.2. The van der Waals surface area contributed by atoms with Gasteiger partial charge in [0.05, 0.1) is 36.8 Å². The van der Waals surface area contributed by atoms with Crippen molar-refractivity contribution >= 4 is 11.6 Å². The Hall–Kier alpha value is -4.04. The third-order valence-electron chi connectivity index (χ3n) is 4.94. The summed E-state index contributed by atoms with van der Waals surface area (Å²) in [7, 11) is 1.64. The molecular formula is C25H23FN4O3. The zero-order valence-corrected chi connectivity index (χ0v) is 18.1. The van der Waals surface area contributed by atoms with Crippen molar-refractivity contribution in [2.24, 2.45) is 0 Å². The van der Waals surface area contributed by atoms with Crippen LogP contribution in [0.2, 0.25) is 0 Å². The van der Waals surface area contributed by atoms with Gasteiger partial charge in [-0.2, -0.15) is 5.10 Å². The van der Waals surface area contributed by atoms with Gasteiger partial charge in [-0.3, -0.25) is 14.5 Å². The molecular weight excluding hydrogens is 423 g/mol. The molecule has 33 heavy (non-hydrogen) atoms. The molecule has 0 bridgehead atoms. The second kappa shape index (κ2) is 10.5. The van der Waals surface area contributed by atoms with Crippen LogP contribution in [0, 0.1) is 5.82 Å². The van der Waals surface area contributed by atoms with Crippen LogP contribution < -0.4 is 10.1 Å². The summed E-state index contributed by atoms with van der Waals surface area (Å²) in [6.07, 6.45) is 6.85. The van der Waals surface area contributed by atoms with Gasteiger partial charge >= 0.3 is 0 Å². The number of halogens is 1. The first-order valence-electron chi connectivity index (χ1n) is 10.4. The quantitative estimate of drug-likeness (QED) is 0.408. The fourth-order valence-electron chi connectivity index (χ4n) is 3.21. The zero-order valence-electron chi connectivity index (χ0n) is 18.1. The SMILES string of the molecule is COCCn1cc(-c2ccc(OCc3ccc(F)cc3)c(C(=O)Nc3cccnc3)c2)cn1. The third-order valence-corrected chi connectivity index (χ3v) is 4.94. The van der Waals surface area contributed by atoms with Crippen LogP contribution in [0.25, 0.3) is 11.1 Å². The fraction of sp³-hybridized carbons (Fsp3) is 0.160. The van der Waals surface area contributed by atoms with Gasteiger partial charge in [-0.25, -0.2) is 4.39 Å². The van der Waals surface area contributed by atoms with E-state index >= 15 is 0 Å². The molecule has 0 aliphatic carbocycles. The summed E-state index contributed by atoms with van der Waals surface area (Å²) in [5, 5.41) is 7.19. The van der Waals surface area contributed by atoms with Gasteiger partial charge in [0.1, 0.15) is 18.2 Å². The van der Waals surface area contributed by atoms with E-state index in [0.717, 1.165) is 16.7 Å². The first-order chi connectivity index (χ1) is 16.1. The molecule has 1 N–H and O–H groups in total. The van der Waals surface area contributed by atoms with Crippen molar-refractivity contribution in [3.63, 3.8) is 0 Å². The minimum atomic E-state index is -0.328. The third kappa shape index (κ3) is 5.81. The zero-order chi connectivity index (χ0) is 23.0. The molecule has 0 radical (unpaired) electrons. The smallest absolute Gasteiger partial charge is 0.259 e. The van der Waals surface area contributed by atoms with E-state index in [1.165, 1.54) is 12.1 Å². The number of pyridine rings is 1. The Bertz CT molecular complexity index is 1210. The number of carbonyl (C=O) groups excluding carboxylic acids is 1. The summed E-state index contributed by atoms with van der Waals surface area (Å²) in [5.41, 5.74) is 3.42. The van der Waals surface area contributed by atoms with E-state index in [1.54, 1.807) is 66.8 Å². The molecule has 0 aliphatic heterocycles. The van der Waals surface area contributed by atoms with E-state index in [1.807, 2.05) is 12.3 Å². The van der Waals surface area contributed by atoms with Gasteiger partial charge in [0.2, 0.25) is 0 Å². The molecule has 0 unspecified atom stereocenters. The average Bonchev–Trinajstić information content (AvgIpc) is 3.32. The van der Waals surface area contributed by atoms with Gasteiger partial charge in [0.25, 0.3) is 5.91 Å². The molecule has 0 spiro atoms. The minimum absolute atomic E-state index is 0.196. The maximum Gasteiger partial charge on any atom is 0.259 e. The molecule has 2 aromatic heterocycles. The lowest BCUT2D eigenvalue weighted by atomic mass is 10.0. The number of carbonyl (C=O) groups is 1. The Kier molecular flexibility index (Phi) is 7.06. The van der Waals surface area contributed by atoms with E-state index in [2.05, 4.69) is 15.4 Å². The van der Waals surface area contributed by atoms with Crippen LogP contribution in [-0.2, 0) is 17.9 Å². The fourth-order valence-corrected chi connectivity index (χ4v) is 3.21. The maximum absolute atomic E-state index is 13.2. The van der Waals surface area contributed by atoms with Gasteiger partial charge in [0, 0.05) is 25.1 Å². The number of nitrogens with one attached hydrogen (secondary N) is 1. The molecule has 0 aliphatic rings. The summed E-state index contributed by atoms with van der Waals surface area (Å²) in [6, 6.07) is 14.9. The van der Waals surface area contributed by atoms with Crippen LogP contribution in [0.1, 0.15) is 15.9 Å². The number of rotatable bonds is 9. The Morgan fingerprint density at radius 3 is 2.70 bits per heavy atom. The Balaban J connectivity index is 1.60.